The molecule has 0 bridgehead atoms. The van der Waals surface area contributed by atoms with Gasteiger partial charge < -0.3 is 0 Å². The number of rotatable bonds is 4. The van der Waals surface area contributed by atoms with E-state index < -0.39 is 0 Å². The molecule has 3 rings (SSSR count). The summed E-state index contributed by atoms with van der Waals surface area (Å²) in [7, 11) is 0. The number of pyridine rings is 1. The van der Waals surface area contributed by atoms with Crippen LogP contribution in [0.25, 0.3) is 24.3 Å². The highest BCUT2D eigenvalue weighted by atomic mass is 35.5. The van der Waals surface area contributed by atoms with Crippen molar-refractivity contribution in [2.75, 3.05) is 0 Å². The Labute approximate surface area is 164 Å². The van der Waals surface area contributed by atoms with Gasteiger partial charge in [0.05, 0.1) is 5.69 Å². The van der Waals surface area contributed by atoms with Gasteiger partial charge in [-0.25, -0.2) is 0 Å². The summed E-state index contributed by atoms with van der Waals surface area (Å²) in [5, 5.41) is 1.46. The first kappa shape index (κ1) is 19.3. The van der Waals surface area contributed by atoms with Crippen molar-refractivity contribution in [1.29, 1.82) is 0 Å². The summed E-state index contributed by atoms with van der Waals surface area (Å²) >= 11 is 12.3. The molecule has 0 saturated heterocycles. The third-order valence-corrected chi connectivity index (χ3v) is 4.19. The van der Waals surface area contributed by atoms with Crippen LogP contribution >= 0.6 is 35.6 Å². The Balaban J connectivity index is 0.00000225. The van der Waals surface area contributed by atoms with Crippen LogP contribution in [0.1, 0.15) is 22.4 Å². The van der Waals surface area contributed by atoms with Crippen molar-refractivity contribution in [3.8, 4) is 0 Å². The van der Waals surface area contributed by atoms with E-state index in [-0.39, 0.29) is 12.4 Å². The summed E-state index contributed by atoms with van der Waals surface area (Å²) < 4.78 is 0. The molecule has 0 amide bonds. The number of benzene rings is 2. The van der Waals surface area contributed by atoms with E-state index in [1.165, 1.54) is 0 Å². The lowest BCUT2D eigenvalue weighted by molar-refractivity contribution is 1.29. The lowest BCUT2D eigenvalue weighted by Crippen LogP contribution is -1.82. The molecule has 1 aromatic heterocycles. The molecule has 0 aliphatic rings. The summed E-state index contributed by atoms with van der Waals surface area (Å²) in [4.78, 5) is 4.37. The van der Waals surface area contributed by atoms with Crippen molar-refractivity contribution in [2.45, 2.75) is 0 Å². The Morgan fingerprint density at radius 3 is 1.84 bits per heavy atom. The molecule has 0 spiro atoms. The van der Waals surface area contributed by atoms with Gasteiger partial charge >= 0.3 is 0 Å². The van der Waals surface area contributed by atoms with E-state index >= 15 is 0 Å². The molecule has 126 valence electrons. The molecule has 0 fully saturated rings. The van der Waals surface area contributed by atoms with Gasteiger partial charge in [0.2, 0.25) is 0 Å². The monoisotopic (exact) mass is 387 g/mol. The Bertz CT molecular complexity index is 830. The van der Waals surface area contributed by atoms with E-state index in [2.05, 4.69) is 4.98 Å². The summed E-state index contributed by atoms with van der Waals surface area (Å²) in [6.45, 7) is 0. The van der Waals surface area contributed by atoms with Crippen LogP contribution in [0.4, 0.5) is 0 Å². The van der Waals surface area contributed by atoms with Crippen LogP contribution in [0.5, 0.6) is 0 Å². The molecular formula is C21H16Cl3N. The second-order valence-corrected chi connectivity index (χ2v) is 6.04. The zero-order valence-corrected chi connectivity index (χ0v) is 15.6. The largest absolute Gasteiger partial charge is 0.257 e. The molecule has 4 heteroatoms. The first-order valence-corrected chi connectivity index (χ1v) is 8.29. The fraction of sp³-hybridized carbons (Fsp3) is 0. The molecule has 25 heavy (non-hydrogen) atoms. The van der Waals surface area contributed by atoms with Crippen LogP contribution in [0, 0.1) is 0 Å². The maximum atomic E-state index is 6.17. The fourth-order valence-electron chi connectivity index (χ4n) is 2.24. The second kappa shape index (κ2) is 9.43. The summed E-state index contributed by atoms with van der Waals surface area (Å²) in [5.41, 5.74) is 3.89. The van der Waals surface area contributed by atoms with E-state index in [1.807, 2.05) is 85.0 Å². The highest BCUT2D eigenvalue weighted by molar-refractivity contribution is 6.32. The van der Waals surface area contributed by atoms with Crippen LogP contribution in [0.3, 0.4) is 0 Å². The first-order valence-electron chi connectivity index (χ1n) is 7.54. The number of halogens is 3. The van der Waals surface area contributed by atoms with E-state index in [9.17, 15) is 0 Å². The highest BCUT2D eigenvalue weighted by Crippen LogP contribution is 2.19. The van der Waals surface area contributed by atoms with Gasteiger partial charge in [-0.3, -0.25) is 4.98 Å². The maximum absolute atomic E-state index is 6.17. The van der Waals surface area contributed by atoms with Crippen LogP contribution in [-0.4, -0.2) is 4.98 Å². The van der Waals surface area contributed by atoms with Crippen molar-refractivity contribution in [3.05, 3.63) is 99.3 Å². The first-order chi connectivity index (χ1) is 11.7. The van der Waals surface area contributed by atoms with Gasteiger partial charge in [0.15, 0.2) is 0 Å². The molecular weight excluding hydrogens is 373 g/mol. The molecule has 3 aromatic rings. The topological polar surface area (TPSA) is 12.9 Å². The number of nitrogens with zero attached hydrogens (tertiary/aromatic N) is 1. The third kappa shape index (κ3) is 5.47. The van der Waals surface area contributed by atoms with Crippen molar-refractivity contribution in [1.82, 2.24) is 4.98 Å². The van der Waals surface area contributed by atoms with Gasteiger partial charge in [0, 0.05) is 16.2 Å². The van der Waals surface area contributed by atoms with Crippen LogP contribution in [-0.2, 0) is 0 Å². The average molecular weight is 389 g/mol. The predicted octanol–water partition coefficient (Wildman–Crippen LogP) is 7.15. The van der Waals surface area contributed by atoms with Crippen molar-refractivity contribution >= 4 is 59.9 Å². The lowest BCUT2D eigenvalue weighted by Gasteiger charge is -1.99. The lowest BCUT2D eigenvalue weighted by atomic mass is 10.1. The minimum absolute atomic E-state index is 0. The molecule has 0 unspecified atom stereocenters. The Hall–Kier alpha value is -2.06. The fourth-order valence-corrected chi connectivity index (χ4v) is 2.64. The zero-order chi connectivity index (χ0) is 16.8. The molecule has 0 N–H and O–H groups in total. The molecule has 0 radical (unpaired) electrons. The number of hydrogen-bond acceptors (Lipinski definition) is 1. The normalized spacial score (nSPS) is 11.0. The molecule has 1 heterocycles. The highest BCUT2D eigenvalue weighted by Gasteiger charge is 1.96. The van der Waals surface area contributed by atoms with Crippen molar-refractivity contribution in [3.63, 3.8) is 0 Å². The van der Waals surface area contributed by atoms with E-state index in [0.29, 0.717) is 0 Å². The minimum atomic E-state index is 0. The number of hydrogen-bond donors (Lipinski definition) is 0. The van der Waals surface area contributed by atoms with E-state index in [0.717, 1.165) is 32.4 Å². The Morgan fingerprint density at radius 2 is 1.24 bits per heavy atom. The summed E-state index contributed by atoms with van der Waals surface area (Å²) in [6.07, 6.45) is 9.73. The van der Waals surface area contributed by atoms with Gasteiger partial charge in [-0.2, -0.15) is 0 Å². The molecule has 0 saturated carbocycles. The van der Waals surface area contributed by atoms with Crippen molar-refractivity contribution in [2.24, 2.45) is 0 Å². The van der Waals surface area contributed by atoms with E-state index in [4.69, 9.17) is 23.2 Å². The second-order valence-electron chi connectivity index (χ2n) is 5.22. The minimum Gasteiger partial charge on any atom is -0.257 e. The average Bonchev–Trinajstić information content (AvgIpc) is 2.61. The Kier molecular flexibility index (Phi) is 7.27. The third-order valence-electron chi connectivity index (χ3n) is 3.50. The van der Waals surface area contributed by atoms with Gasteiger partial charge in [-0.05, 0) is 47.0 Å². The van der Waals surface area contributed by atoms with Gasteiger partial charge in [-0.1, -0.05) is 77.8 Å². The van der Waals surface area contributed by atoms with Gasteiger partial charge in [0.25, 0.3) is 0 Å². The summed E-state index contributed by atoms with van der Waals surface area (Å²) in [6, 6.07) is 19.4. The predicted molar refractivity (Wildman–Crippen MR) is 112 cm³/mol. The standard InChI is InChI=1S/C21H15Cl2N.ClH/c22-20-7-3-1-5-17(20)10-9-16-13-14-24-19(15-16)12-11-18-6-2-4-8-21(18)23;/h1-15H;1H/b10-9+,12-11+;. The molecule has 0 aliphatic carbocycles. The molecule has 0 atom stereocenters. The summed E-state index contributed by atoms with van der Waals surface area (Å²) in [5.74, 6) is 0. The van der Waals surface area contributed by atoms with Crippen LogP contribution in [0.15, 0.2) is 66.9 Å². The SMILES string of the molecule is Cl.Clc1ccccc1/C=C/c1ccnc(/C=C/c2ccccc2Cl)c1. The smallest absolute Gasteiger partial charge is 0.0635 e. The molecule has 0 aliphatic heterocycles. The molecule has 1 nitrogen and oxygen atoms in total. The maximum Gasteiger partial charge on any atom is 0.0635 e. The quantitative estimate of drug-likeness (QED) is 0.462. The van der Waals surface area contributed by atoms with Crippen molar-refractivity contribution < 1.29 is 0 Å². The van der Waals surface area contributed by atoms with Crippen LogP contribution < -0.4 is 0 Å². The van der Waals surface area contributed by atoms with Crippen LogP contribution in [0.2, 0.25) is 10.0 Å². The zero-order valence-electron chi connectivity index (χ0n) is 13.3. The van der Waals surface area contributed by atoms with Gasteiger partial charge in [0.1, 0.15) is 0 Å². The van der Waals surface area contributed by atoms with E-state index in [1.54, 1.807) is 6.20 Å². The van der Waals surface area contributed by atoms with Gasteiger partial charge in [-0.15, -0.1) is 12.4 Å². The Morgan fingerprint density at radius 1 is 0.680 bits per heavy atom. The molecule has 2 aromatic carbocycles. The number of aromatic nitrogens is 1.